The van der Waals surface area contributed by atoms with Crippen LogP contribution in [0.2, 0.25) is 0 Å². The van der Waals surface area contributed by atoms with E-state index in [9.17, 15) is 26.3 Å². The quantitative estimate of drug-likeness (QED) is 0.101. The Balaban J connectivity index is 1.41. The predicted octanol–water partition coefficient (Wildman–Crippen LogP) is 9.22. The molecule has 0 unspecified atom stereocenters. The molecule has 3 aliphatic rings. The number of aromatic nitrogens is 3. The van der Waals surface area contributed by atoms with Gasteiger partial charge < -0.3 is 9.97 Å². The van der Waals surface area contributed by atoms with Crippen LogP contribution in [0.3, 0.4) is 0 Å². The van der Waals surface area contributed by atoms with Crippen molar-refractivity contribution >= 4 is 39.7 Å². The first-order valence-corrected chi connectivity index (χ1v) is 20.1. The van der Waals surface area contributed by atoms with Gasteiger partial charge in [-0.15, -0.1) is 0 Å². The summed E-state index contributed by atoms with van der Waals surface area (Å²) in [6.07, 6.45) is 2.39. The maximum absolute atomic E-state index is 16.2. The van der Waals surface area contributed by atoms with Crippen LogP contribution in [0.15, 0.2) is 64.2 Å². The molecule has 4 aromatic carbocycles. The number of nitrogens with zero attached hydrogens (tertiary/aromatic N) is 3. The van der Waals surface area contributed by atoms with Crippen molar-refractivity contribution in [1.29, 1.82) is 0 Å². The SMILES string of the molecule is Fc1c(F)c(F)c(C2=c3ccc([nH]3)=C(c3c(F)c(F)c(F)c(F)c3F)C3=NC(=c4ccc([nH]4)=C(c4c(F)c(F)c(F)c(F)c4F)c4ccc5c(-c6c(F)c(F)c(F)c(F)c6F)c6c(n45)=NC2=C6)C=C3)c(F)c1F. The van der Waals surface area contributed by atoms with E-state index < -0.39 is 216 Å². The summed E-state index contributed by atoms with van der Waals surface area (Å²) in [6, 6.07) is 4.88. The van der Waals surface area contributed by atoms with E-state index in [1.807, 2.05) is 0 Å². The van der Waals surface area contributed by atoms with Crippen LogP contribution < -0.4 is 26.9 Å². The molecule has 5 nitrogen and oxygen atoms in total. The highest BCUT2D eigenvalue weighted by molar-refractivity contribution is 6.31. The third-order valence-corrected chi connectivity index (χ3v) is 12.1. The van der Waals surface area contributed by atoms with Crippen molar-refractivity contribution in [1.82, 2.24) is 14.4 Å². The van der Waals surface area contributed by atoms with Gasteiger partial charge in [-0.3, -0.25) is 4.40 Å². The summed E-state index contributed by atoms with van der Waals surface area (Å²) in [5.41, 5.74) is -17.6. The van der Waals surface area contributed by atoms with E-state index in [0.29, 0.717) is 16.5 Å². The molecule has 0 radical (unpaired) electrons. The molecule has 8 bridgehead atoms. The van der Waals surface area contributed by atoms with Gasteiger partial charge in [0.1, 0.15) is 5.49 Å². The molecule has 7 heterocycles. The average molecular weight is 1040 g/mol. The topological polar surface area (TPSA) is 60.7 Å². The number of hydrogen-bond donors (Lipinski definition) is 2. The smallest absolute Gasteiger partial charge is 0.200 e. The molecule has 0 amide bonds. The van der Waals surface area contributed by atoms with Crippen LogP contribution in [0.25, 0.3) is 45.1 Å². The van der Waals surface area contributed by atoms with Crippen molar-refractivity contribution in [3.05, 3.63) is 225 Å². The van der Waals surface area contributed by atoms with Crippen LogP contribution in [-0.4, -0.2) is 20.1 Å². The first-order valence-electron chi connectivity index (χ1n) is 20.1. The summed E-state index contributed by atoms with van der Waals surface area (Å²) in [7, 11) is 0. The van der Waals surface area contributed by atoms with Gasteiger partial charge in [-0.25, -0.2) is 97.8 Å². The zero-order chi connectivity index (χ0) is 52.3. The van der Waals surface area contributed by atoms with E-state index >= 15 is 61.5 Å². The normalized spacial score (nSPS) is 14.1. The molecule has 3 aliphatic heterocycles. The van der Waals surface area contributed by atoms with Gasteiger partial charge in [-0.1, -0.05) is 0 Å². The predicted molar refractivity (Wildman–Crippen MR) is 213 cm³/mol. The van der Waals surface area contributed by atoms with E-state index in [2.05, 4.69) is 20.0 Å². The second kappa shape index (κ2) is 15.9. The van der Waals surface area contributed by atoms with E-state index in [0.717, 1.165) is 42.5 Å². The fourth-order valence-electron chi connectivity index (χ4n) is 8.87. The molecule has 0 saturated heterocycles. The van der Waals surface area contributed by atoms with E-state index in [1.165, 1.54) is 0 Å². The van der Waals surface area contributed by atoms with Gasteiger partial charge >= 0.3 is 0 Å². The largest absolute Gasteiger partial charge is 0.354 e. The van der Waals surface area contributed by atoms with Crippen molar-refractivity contribution in [3.63, 3.8) is 0 Å². The molecule has 0 atom stereocenters. The molecule has 0 spiro atoms. The molecule has 0 saturated carbocycles. The third-order valence-electron chi connectivity index (χ3n) is 12.1. The molecule has 0 aliphatic carbocycles. The number of halogens is 20. The molecular weight excluding hydrogens is 1030 g/mol. The number of allylic oxidation sites excluding steroid dienone is 2. The lowest BCUT2D eigenvalue weighted by Crippen LogP contribution is -2.23. The van der Waals surface area contributed by atoms with Gasteiger partial charge in [0.25, 0.3) is 0 Å². The Hall–Kier alpha value is -8.64. The van der Waals surface area contributed by atoms with Crippen LogP contribution in [0.5, 0.6) is 0 Å². The lowest BCUT2D eigenvalue weighted by atomic mass is 9.97. The van der Waals surface area contributed by atoms with Crippen LogP contribution in [0.1, 0.15) is 27.9 Å². The molecule has 73 heavy (non-hydrogen) atoms. The summed E-state index contributed by atoms with van der Waals surface area (Å²) in [4.78, 5) is 13.3. The molecule has 25 heteroatoms. The summed E-state index contributed by atoms with van der Waals surface area (Å²) in [6.45, 7) is 0. The number of aromatic amines is 2. The van der Waals surface area contributed by atoms with Gasteiger partial charge in [-0.2, -0.15) is 0 Å². The van der Waals surface area contributed by atoms with Crippen LogP contribution >= 0.6 is 0 Å². The number of aliphatic imine (C=N–C) groups is 1. The summed E-state index contributed by atoms with van der Waals surface area (Å²) < 4.78 is 308. The minimum Gasteiger partial charge on any atom is -0.354 e. The average Bonchev–Trinajstić information content (AvgIpc) is 4.25. The number of H-pyrrole nitrogens is 2. The Morgan fingerprint density at radius 1 is 0.329 bits per heavy atom. The van der Waals surface area contributed by atoms with Crippen LogP contribution in [-0.2, 0) is 0 Å². The van der Waals surface area contributed by atoms with Crippen LogP contribution in [0.4, 0.5) is 87.8 Å². The lowest BCUT2D eigenvalue weighted by molar-refractivity contribution is 0.376. The standard InChI is InChI=1S/C48H11F20N5/c49-28-24(29(50)37(58)44(65)36(28)57)20-10-9-17-22(26-32(53)40(61)46(67)41(62)33(26)54)15-6-5-14(71-15)21(25-30(51)38(59)45(66)39(60)31(25)52)13-3-1-11(69-13)12-2-4-16(70-12)23(19-8-7-18(20)73(19)48(10)72-17)27-34(55)42(63)47(68)43(64)35(27)56/h1-9,70-71H. The molecule has 8 aromatic rings. The molecule has 4 aromatic heterocycles. The molecule has 0 fully saturated rings. The summed E-state index contributed by atoms with van der Waals surface area (Å²) >= 11 is 0. The van der Waals surface area contributed by atoms with E-state index in [4.69, 9.17) is 0 Å². The number of rotatable bonds is 4. The Morgan fingerprint density at radius 3 is 1.18 bits per heavy atom. The monoisotopic (exact) mass is 1040 g/mol. The first-order chi connectivity index (χ1) is 34.6. The van der Waals surface area contributed by atoms with Gasteiger partial charge in [0.05, 0.1) is 55.9 Å². The highest BCUT2D eigenvalue weighted by atomic mass is 19.2. The summed E-state index contributed by atoms with van der Waals surface area (Å²) in [5.74, 6) is -52.0. The molecular formula is C48H11F20N5. The highest BCUT2D eigenvalue weighted by Crippen LogP contribution is 2.43. The number of benzene rings is 4. The first kappa shape index (κ1) is 46.7. The van der Waals surface area contributed by atoms with Gasteiger partial charge in [0.15, 0.2) is 93.1 Å². The van der Waals surface area contributed by atoms with Crippen molar-refractivity contribution in [2.75, 3.05) is 0 Å². The zero-order valence-electron chi connectivity index (χ0n) is 34.6. The van der Waals surface area contributed by atoms with Crippen molar-refractivity contribution in [3.8, 4) is 11.1 Å². The zero-order valence-corrected chi connectivity index (χ0v) is 34.6. The van der Waals surface area contributed by atoms with Gasteiger partial charge in [-0.05, 0) is 54.6 Å². The minimum atomic E-state index is -2.75. The highest BCUT2D eigenvalue weighted by Gasteiger charge is 2.38. The maximum atomic E-state index is 16.2. The van der Waals surface area contributed by atoms with E-state index in [1.54, 1.807) is 0 Å². The Labute approximate surface area is 388 Å². The fraction of sp³-hybridized carbons (Fsp3) is 0. The van der Waals surface area contributed by atoms with Crippen molar-refractivity contribution in [2.24, 2.45) is 9.98 Å². The van der Waals surface area contributed by atoms with Gasteiger partial charge in [0, 0.05) is 43.9 Å². The number of fused-ring (bicyclic) bond motifs is 6. The van der Waals surface area contributed by atoms with E-state index in [-0.39, 0.29) is 5.35 Å². The molecule has 2 N–H and O–H groups in total. The number of hydrogen-bond acceptors (Lipinski definition) is 2. The lowest BCUT2D eigenvalue weighted by Gasteiger charge is -2.13. The Bertz CT molecular complexity index is 4270. The van der Waals surface area contributed by atoms with Crippen LogP contribution in [0, 0.1) is 116 Å². The summed E-state index contributed by atoms with van der Waals surface area (Å²) in [5, 5.41) is -2.77. The van der Waals surface area contributed by atoms with Crippen molar-refractivity contribution < 1.29 is 87.8 Å². The maximum Gasteiger partial charge on any atom is 0.200 e. The Kier molecular flexibility index (Phi) is 10.2. The third kappa shape index (κ3) is 6.25. The molecule has 368 valence electrons. The number of nitrogens with one attached hydrogen (secondary N) is 2. The minimum absolute atomic E-state index is 0.325. The second-order valence-corrected chi connectivity index (χ2v) is 15.9. The van der Waals surface area contributed by atoms with Gasteiger partial charge in [0.2, 0.25) is 23.3 Å². The second-order valence-electron chi connectivity index (χ2n) is 15.9. The molecule has 11 rings (SSSR count). The fourth-order valence-corrected chi connectivity index (χ4v) is 8.87. The Morgan fingerprint density at radius 2 is 0.699 bits per heavy atom. The van der Waals surface area contributed by atoms with Crippen molar-refractivity contribution in [2.45, 2.75) is 0 Å².